The monoisotopic (exact) mass is 490 g/mol. The predicted molar refractivity (Wildman–Crippen MR) is 122 cm³/mol. The fourth-order valence-electron chi connectivity index (χ4n) is 3.87. The summed E-state index contributed by atoms with van der Waals surface area (Å²) in [6, 6.07) is 11.8. The fraction of sp³-hybridized carbons (Fsp3) is 0.318. The van der Waals surface area contributed by atoms with Gasteiger partial charge in [-0.15, -0.1) is 0 Å². The number of para-hydroxylation sites is 1. The smallest absolute Gasteiger partial charge is 0.254 e. The number of piperazine rings is 1. The van der Waals surface area contributed by atoms with E-state index in [1.165, 1.54) is 28.6 Å². The quantitative estimate of drug-likeness (QED) is 0.662. The number of carbonyl (C=O) groups excluding carboxylic acids is 3. The number of benzene rings is 2. The Morgan fingerprint density at radius 3 is 2.36 bits per heavy atom. The molecule has 1 atom stereocenters. The Morgan fingerprint density at radius 1 is 1.00 bits per heavy atom. The zero-order chi connectivity index (χ0) is 23.6. The van der Waals surface area contributed by atoms with E-state index in [0.717, 1.165) is 0 Å². The molecule has 174 valence electrons. The molecular weight excluding hydrogens is 468 g/mol. The summed E-state index contributed by atoms with van der Waals surface area (Å²) in [5.74, 6) is -0.940. The molecule has 2 aromatic rings. The van der Waals surface area contributed by atoms with Crippen LogP contribution in [0.4, 0.5) is 5.69 Å². The van der Waals surface area contributed by atoms with E-state index >= 15 is 0 Å². The lowest BCUT2D eigenvalue weighted by atomic mass is 10.1. The molecule has 2 N–H and O–H groups in total. The SMILES string of the molecule is O=C1N[C@@H](CCC(=O)N2CCN(S(=O)(=O)c3ccc(Cl)cc3)CC2)C(=O)Nc2ccccc21. The van der Waals surface area contributed by atoms with Gasteiger partial charge in [-0.1, -0.05) is 23.7 Å². The van der Waals surface area contributed by atoms with Crippen molar-refractivity contribution in [3.05, 3.63) is 59.1 Å². The molecule has 9 nitrogen and oxygen atoms in total. The summed E-state index contributed by atoms with van der Waals surface area (Å²) in [6.07, 6.45) is 0.201. The highest BCUT2D eigenvalue weighted by Gasteiger charge is 2.32. The van der Waals surface area contributed by atoms with Crippen molar-refractivity contribution in [1.82, 2.24) is 14.5 Å². The average molecular weight is 491 g/mol. The van der Waals surface area contributed by atoms with E-state index in [2.05, 4.69) is 10.6 Å². The lowest BCUT2D eigenvalue weighted by molar-refractivity contribution is -0.132. The van der Waals surface area contributed by atoms with E-state index in [1.54, 1.807) is 29.2 Å². The third kappa shape index (κ3) is 5.02. The van der Waals surface area contributed by atoms with Crippen LogP contribution >= 0.6 is 11.6 Å². The molecule has 3 amide bonds. The maximum absolute atomic E-state index is 12.8. The normalized spacial score (nSPS) is 19.3. The van der Waals surface area contributed by atoms with Crippen LogP contribution in [-0.2, 0) is 19.6 Å². The van der Waals surface area contributed by atoms with Gasteiger partial charge in [0.1, 0.15) is 6.04 Å². The molecule has 2 aliphatic heterocycles. The zero-order valence-electron chi connectivity index (χ0n) is 17.7. The molecular formula is C22H23ClN4O5S. The van der Waals surface area contributed by atoms with Crippen molar-refractivity contribution in [2.45, 2.75) is 23.8 Å². The number of fused-ring (bicyclic) bond motifs is 1. The summed E-state index contributed by atoms with van der Waals surface area (Å²) in [6.45, 7) is 0.847. The maximum atomic E-state index is 12.8. The van der Waals surface area contributed by atoms with Gasteiger partial charge < -0.3 is 15.5 Å². The molecule has 2 aliphatic rings. The van der Waals surface area contributed by atoms with Crippen molar-refractivity contribution in [2.75, 3.05) is 31.5 Å². The van der Waals surface area contributed by atoms with Crippen LogP contribution in [0, 0.1) is 0 Å². The number of hydrogen-bond acceptors (Lipinski definition) is 5. The first-order valence-electron chi connectivity index (χ1n) is 10.5. The standard InChI is InChI=1S/C22H23ClN4O5S/c23-15-5-7-16(8-6-15)33(31,32)27-13-11-26(12-14-27)20(28)10-9-19-22(30)24-18-4-2-1-3-17(18)21(29)25-19/h1-8,19H,9-14H2,(H,24,30)(H,25,29)/t19-/m0/s1. The first-order chi connectivity index (χ1) is 15.8. The Kier molecular flexibility index (Phi) is 6.68. The number of rotatable bonds is 5. The zero-order valence-corrected chi connectivity index (χ0v) is 19.2. The Balaban J connectivity index is 1.31. The number of nitrogens with zero attached hydrogens (tertiary/aromatic N) is 2. The summed E-state index contributed by atoms with van der Waals surface area (Å²) >= 11 is 5.84. The van der Waals surface area contributed by atoms with Gasteiger partial charge in [-0.05, 0) is 42.8 Å². The number of anilines is 1. The molecule has 4 rings (SSSR count). The van der Waals surface area contributed by atoms with E-state index in [4.69, 9.17) is 11.6 Å². The number of halogens is 1. The van der Waals surface area contributed by atoms with Gasteiger partial charge in [0.15, 0.2) is 0 Å². The van der Waals surface area contributed by atoms with E-state index in [0.29, 0.717) is 16.3 Å². The molecule has 0 unspecified atom stereocenters. The van der Waals surface area contributed by atoms with Crippen molar-refractivity contribution in [2.24, 2.45) is 0 Å². The van der Waals surface area contributed by atoms with Crippen LogP contribution in [0.3, 0.4) is 0 Å². The molecule has 2 heterocycles. The van der Waals surface area contributed by atoms with E-state index in [1.807, 2.05) is 0 Å². The van der Waals surface area contributed by atoms with Crippen molar-refractivity contribution < 1.29 is 22.8 Å². The van der Waals surface area contributed by atoms with Gasteiger partial charge in [0, 0.05) is 37.6 Å². The van der Waals surface area contributed by atoms with Crippen molar-refractivity contribution in [3.8, 4) is 0 Å². The lowest BCUT2D eigenvalue weighted by Crippen LogP contribution is -2.51. The number of amides is 3. The lowest BCUT2D eigenvalue weighted by Gasteiger charge is -2.34. The Labute approximate surface area is 196 Å². The summed E-state index contributed by atoms with van der Waals surface area (Å²) < 4.78 is 26.9. The van der Waals surface area contributed by atoms with E-state index in [9.17, 15) is 22.8 Å². The molecule has 2 aromatic carbocycles. The summed E-state index contributed by atoms with van der Waals surface area (Å²) in [4.78, 5) is 39.3. The molecule has 0 bridgehead atoms. The highest BCUT2D eigenvalue weighted by atomic mass is 35.5. The highest BCUT2D eigenvalue weighted by molar-refractivity contribution is 7.89. The first-order valence-corrected chi connectivity index (χ1v) is 12.3. The van der Waals surface area contributed by atoms with Gasteiger partial charge >= 0.3 is 0 Å². The second kappa shape index (κ2) is 9.50. The largest absolute Gasteiger partial charge is 0.340 e. The highest BCUT2D eigenvalue weighted by Crippen LogP contribution is 2.21. The number of carbonyl (C=O) groups is 3. The van der Waals surface area contributed by atoms with Gasteiger partial charge in [-0.3, -0.25) is 14.4 Å². The Bertz CT molecular complexity index is 1180. The fourth-order valence-corrected chi connectivity index (χ4v) is 5.42. The van der Waals surface area contributed by atoms with Crippen molar-refractivity contribution >= 4 is 45.0 Å². The number of nitrogens with one attached hydrogen (secondary N) is 2. The summed E-state index contributed by atoms with van der Waals surface area (Å²) in [5, 5.41) is 5.84. The topological polar surface area (TPSA) is 116 Å². The van der Waals surface area contributed by atoms with Gasteiger partial charge in [0.2, 0.25) is 21.8 Å². The molecule has 0 radical (unpaired) electrons. The molecule has 0 saturated carbocycles. The molecule has 0 aromatic heterocycles. The Hall–Kier alpha value is -2.95. The molecule has 1 fully saturated rings. The van der Waals surface area contributed by atoms with Crippen LogP contribution in [0.15, 0.2) is 53.4 Å². The summed E-state index contributed by atoms with van der Waals surface area (Å²) in [5.41, 5.74) is 0.810. The van der Waals surface area contributed by atoms with Crippen LogP contribution in [-0.4, -0.2) is 67.6 Å². The molecule has 1 saturated heterocycles. The second-order valence-corrected chi connectivity index (χ2v) is 10.2. The Morgan fingerprint density at radius 2 is 1.67 bits per heavy atom. The van der Waals surface area contributed by atoms with Crippen LogP contribution in [0.2, 0.25) is 5.02 Å². The van der Waals surface area contributed by atoms with Gasteiger partial charge in [0.05, 0.1) is 16.1 Å². The van der Waals surface area contributed by atoms with Crippen molar-refractivity contribution in [1.29, 1.82) is 0 Å². The average Bonchev–Trinajstić information content (AvgIpc) is 2.93. The second-order valence-electron chi connectivity index (χ2n) is 7.84. The third-order valence-corrected chi connectivity index (χ3v) is 7.91. The summed E-state index contributed by atoms with van der Waals surface area (Å²) in [7, 11) is -3.66. The van der Waals surface area contributed by atoms with Crippen molar-refractivity contribution in [3.63, 3.8) is 0 Å². The van der Waals surface area contributed by atoms with Crippen LogP contribution < -0.4 is 10.6 Å². The number of sulfonamides is 1. The first kappa shape index (κ1) is 23.2. The minimum absolute atomic E-state index is 0.0542. The minimum atomic E-state index is -3.66. The molecule has 0 aliphatic carbocycles. The van der Waals surface area contributed by atoms with Gasteiger partial charge in [-0.25, -0.2) is 8.42 Å². The molecule has 0 spiro atoms. The van der Waals surface area contributed by atoms with Crippen LogP contribution in [0.25, 0.3) is 0 Å². The number of hydrogen-bond donors (Lipinski definition) is 2. The van der Waals surface area contributed by atoms with Gasteiger partial charge in [-0.2, -0.15) is 4.31 Å². The van der Waals surface area contributed by atoms with Crippen LogP contribution in [0.1, 0.15) is 23.2 Å². The minimum Gasteiger partial charge on any atom is -0.340 e. The van der Waals surface area contributed by atoms with E-state index in [-0.39, 0.29) is 61.6 Å². The maximum Gasteiger partial charge on any atom is 0.254 e. The molecule has 11 heteroatoms. The molecule has 33 heavy (non-hydrogen) atoms. The predicted octanol–water partition coefficient (Wildman–Crippen LogP) is 1.70. The third-order valence-electron chi connectivity index (χ3n) is 5.74. The van der Waals surface area contributed by atoms with E-state index < -0.39 is 16.1 Å². The van der Waals surface area contributed by atoms with Gasteiger partial charge in [0.25, 0.3) is 5.91 Å². The van der Waals surface area contributed by atoms with Crippen LogP contribution in [0.5, 0.6) is 0 Å².